The van der Waals surface area contributed by atoms with E-state index in [9.17, 15) is 0 Å². The second kappa shape index (κ2) is 6.23. The van der Waals surface area contributed by atoms with E-state index in [2.05, 4.69) is 31.0 Å². The van der Waals surface area contributed by atoms with Gasteiger partial charge in [-0.1, -0.05) is 23.7 Å². The molecule has 19 heavy (non-hydrogen) atoms. The first-order valence-corrected chi connectivity index (χ1v) is 7.18. The van der Waals surface area contributed by atoms with E-state index in [1.807, 2.05) is 12.1 Å². The van der Waals surface area contributed by atoms with E-state index in [1.54, 1.807) is 0 Å². The fourth-order valence-corrected chi connectivity index (χ4v) is 2.78. The fourth-order valence-electron chi connectivity index (χ4n) is 2.65. The van der Waals surface area contributed by atoms with Crippen LogP contribution < -0.4 is 5.73 Å². The lowest BCUT2D eigenvalue weighted by molar-refractivity contribution is 0.0784. The Hall–Kier alpha value is -0.610. The smallest absolute Gasteiger partial charge is 0.0622 e. The van der Waals surface area contributed by atoms with Gasteiger partial charge in [0.05, 0.1) is 6.61 Å². The Kier molecular flexibility index (Phi) is 4.85. The molecule has 1 aliphatic heterocycles. The number of halogens is 1. The van der Waals surface area contributed by atoms with E-state index in [4.69, 9.17) is 22.1 Å². The highest BCUT2D eigenvalue weighted by atomic mass is 35.5. The molecule has 0 bridgehead atoms. The summed E-state index contributed by atoms with van der Waals surface area (Å²) in [7, 11) is 2.15. The van der Waals surface area contributed by atoms with Crippen LogP contribution in [0.5, 0.6) is 0 Å². The summed E-state index contributed by atoms with van der Waals surface area (Å²) >= 11 is 5.93. The Bertz CT molecular complexity index is 403. The zero-order valence-corrected chi connectivity index (χ0v) is 12.5. The van der Waals surface area contributed by atoms with Crippen molar-refractivity contribution < 1.29 is 4.74 Å². The van der Waals surface area contributed by atoms with Gasteiger partial charge in [-0.25, -0.2) is 0 Å². The molecule has 1 aromatic rings. The van der Waals surface area contributed by atoms with Crippen molar-refractivity contribution in [1.82, 2.24) is 4.90 Å². The maximum atomic E-state index is 6.04. The van der Waals surface area contributed by atoms with Gasteiger partial charge in [0.1, 0.15) is 0 Å². The van der Waals surface area contributed by atoms with E-state index in [-0.39, 0.29) is 5.54 Å². The van der Waals surface area contributed by atoms with Crippen molar-refractivity contribution in [2.45, 2.75) is 31.3 Å². The first-order chi connectivity index (χ1) is 9.05. The van der Waals surface area contributed by atoms with Crippen molar-refractivity contribution in [2.24, 2.45) is 5.73 Å². The average Bonchev–Trinajstić information content (AvgIpc) is 2.94. The highest BCUT2D eigenvalue weighted by Crippen LogP contribution is 2.25. The van der Waals surface area contributed by atoms with Gasteiger partial charge >= 0.3 is 0 Å². The number of ether oxygens (including phenoxy) is 1. The lowest BCUT2D eigenvalue weighted by Gasteiger charge is -2.41. The Labute approximate surface area is 120 Å². The van der Waals surface area contributed by atoms with Crippen LogP contribution in [0.15, 0.2) is 24.3 Å². The van der Waals surface area contributed by atoms with Crippen LogP contribution in [0.4, 0.5) is 0 Å². The van der Waals surface area contributed by atoms with Gasteiger partial charge in [-0.05, 0) is 44.5 Å². The third kappa shape index (κ3) is 3.48. The van der Waals surface area contributed by atoms with Crippen molar-refractivity contribution >= 4 is 11.6 Å². The molecule has 1 aliphatic rings. The maximum absolute atomic E-state index is 6.04. The number of nitrogens with zero attached hydrogens (tertiary/aromatic N) is 1. The zero-order valence-electron chi connectivity index (χ0n) is 11.7. The van der Waals surface area contributed by atoms with Crippen molar-refractivity contribution in [2.75, 3.05) is 26.8 Å². The molecule has 3 nitrogen and oxygen atoms in total. The summed E-state index contributed by atoms with van der Waals surface area (Å²) in [6, 6.07) is 8.50. The minimum Gasteiger partial charge on any atom is -0.380 e. The molecule has 1 saturated heterocycles. The van der Waals surface area contributed by atoms with E-state index in [1.165, 1.54) is 5.56 Å². The van der Waals surface area contributed by atoms with Gasteiger partial charge in [0.15, 0.2) is 0 Å². The summed E-state index contributed by atoms with van der Waals surface area (Å²) < 4.78 is 5.48. The topological polar surface area (TPSA) is 38.5 Å². The van der Waals surface area contributed by atoms with Gasteiger partial charge < -0.3 is 10.5 Å². The number of nitrogens with two attached hydrogens (primary N) is 1. The molecule has 1 fully saturated rings. The molecule has 2 unspecified atom stereocenters. The van der Waals surface area contributed by atoms with Crippen molar-refractivity contribution in [1.29, 1.82) is 0 Å². The van der Waals surface area contributed by atoms with Gasteiger partial charge in [0, 0.05) is 29.8 Å². The molecule has 0 spiro atoms. The summed E-state index contributed by atoms with van der Waals surface area (Å²) in [5, 5.41) is 0.774. The highest BCUT2D eigenvalue weighted by molar-refractivity contribution is 6.30. The summed E-state index contributed by atoms with van der Waals surface area (Å²) in [6.45, 7) is 4.52. The van der Waals surface area contributed by atoms with Crippen LogP contribution in [0, 0.1) is 0 Å². The van der Waals surface area contributed by atoms with Gasteiger partial charge in [0.2, 0.25) is 0 Å². The summed E-state index contributed by atoms with van der Waals surface area (Å²) in [5.41, 5.74) is 7.26. The Morgan fingerprint density at radius 1 is 1.42 bits per heavy atom. The van der Waals surface area contributed by atoms with E-state index in [0.29, 0.717) is 12.6 Å². The summed E-state index contributed by atoms with van der Waals surface area (Å²) in [6.07, 6.45) is 2.01. The first kappa shape index (κ1) is 14.8. The molecular weight excluding hydrogens is 260 g/mol. The summed E-state index contributed by atoms with van der Waals surface area (Å²) in [5.74, 6) is 0. The monoisotopic (exact) mass is 282 g/mol. The lowest BCUT2D eigenvalue weighted by atomic mass is 9.90. The van der Waals surface area contributed by atoms with Crippen molar-refractivity contribution in [3.63, 3.8) is 0 Å². The standard InChI is InChI=1S/C15H23ClN2O/c1-15(11-17,18(2)14-7-8-19-10-14)9-12-3-5-13(16)6-4-12/h3-6,14H,7-11,17H2,1-2H3. The van der Waals surface area contributed by atoms with E-state index >= 15 is 0 Å². The van der Waals surface area contributed by atoms with Gasteiger partial charge in [-0.15, -0.1) is 0 Å². The van der Waals surface area contributed by atoms with Gasteiger partial charge in [-0.3, -0.25) is 4.90 Å². The zero-order chi connectivity index (χ0) is 13.9. The van der Waals surface area contributed by atoms with Crippen LogP contribution in [-0.2, 0) is 11.2 Å². The Morgan fingerprint density at radius 2 is 2.11 bits per heavy atom. The number of rotatable bonds is 5. The molecule has 1 heterocycles. The molecule has 0 radical (unpaired) electrons. The third-order valence-corrected chi connectivity index (χ3v) is 4.49. The second-order valence-corrected chi connectivity index (χ2v) is 6.07. The molecular formula is C15H23ClN2O. The first-order valence-electron chi connectivity index (χ1n) is 6.80. The molecule has 2 rings (SSSR count). The minimum absolute atomic E-state index is 0.0494. The Morgan fingerprint density at radius 3 is 2.63 bits per heavy atom. The third-order valence-electron chi connectivity index (χ3n) is 4.24. The quantitative estimate of drug-likeness (QED) is 0.901. The normalized spacial score (nSPS) is 22.7. The molecule has 4 heteroatoms. The number of benzene rings is 1. The molecule has 0 amide bonds. The van der Waals surface area contributed by atoms with Gasteiger partial charge in [0.25, 0.3) is 0 Å². The minimum atomic E-state index is -0.0494. The summed E-state index contributed by atoms with van der Waals surface area (Å²) in [4.78, 5) is 2.38. The van der Waals surface area contributed by atoms with Gasteiger partial charge in [-0.2, -0.15) is 0 Å². The van der Waals surface area contributed by atoms with Crippen LogP contribution in [0.25, 0.3) is 0 Å². The molecule has 0 aromatic heterocycles. The fraction of sp³-hybridized carbons (Fsp3) is 0.600. The van der Waals surface area contributed by atoms with E-state index in [0.717, 1.165) is 31.1 Å². The second-order valence-electron chi connectivity index (χ2n) is 5.63. The molecule has 106 valence electrons. The molecule has 0 aliphatic carbocycles. The molecule has 2 atom stereocenters. The number of likely N-dealkylation sites (N-methyl/N-ethyl adjacent to an activating group) is 1. The molecule has 1 aromatic carbocycles. The van der Waals surface area contributed by atoms with Crippen LogP contribution in [0.2, 0.25) is 5.02 Å². The van der Waals surface area contributed by atoms with Crippen LogP contribution >= 0.6 is 11.6 Å². The van der Waals surface area contributed by atoms with Crippen molar-refractivity contribution in [3.8, 4) is 0 Å². The number of hydrogen-bond donors (Lipinski definition) is 1. The van der Waals surface area contributed by atoms with Crippen LogP contribution in [-0.4, -0.2) is 43.3 Å². The molecule has 0 saturated carbocycles. The SMILES string of the molecule is CN(C1CCOC1)C(C)(CN)Cc1ccc(Cl)cc1. The Balaban J connectivity index is 2.10. The van der Waals surface area contributed by atoms with Crippen molar-refractivity contribution in [3.05, 3.63) is 34.9 Å². The lowest BCUT2D eigenvalue weighted by Crippen LogP contribution is -2.55. The molecule has 2 N–H and O–H groups in total. The van der Waals surface area contributed by atoms with Crippen LogP contribution in [0.1, 0.15) is 18.9 Å². The predicted octanol–water partition coefficient (Wildman–Crippen LogP) is 2.32. The van der Waals surface area contributed by atoms with Crippen LogP contribution in [0.3, 0.4) is 0 Å². The average molecular weight is 283 g/mol. The maximum Gasteiger partial charge on any atom is 0.0622 e. The van der Waals surface area contributed by atoms with E-state index < -0.39 is 0 Å². The largest absolute Gasteiger partial charge is 0.380 e. The highest BCUT2D eigenvalue weighted by Gasteiger charge is 2.34. The number of hydrogen-bond acceptors (Lipinski definition) is 3. The predicted molar refractivity (Wildman–Crippen MR) is 79.6 cm³/mol.